The van der Waals surface area contributed by atoms with Crippen molar-refractivity contribution >= 4 is 33.1 Å². The summed E-state index contributed by atoms with van der Waals surface area (Å²) >= 11 is 5.83. The van der Waals surface area contributed by atoms with Crippen molar-refractivity contribution in [3.63, 3.8) is 0 Å². The second-order valence-corrected chi connectivity index (χ2v) is 12.4. The van der Waals surface area contributed by atoms with Gasteiger partial charge in [0.15, 0.2) is 17.3 Å². The van der Waals surface area contributed by atoms with Crippen molar-refractivity contribution in [2.24, 2.45) is 15.1 Å². The first kappa shape index (κ1) is 30.0. The van der Waals surface area contributed by atoms with Gasteiger partial charge >= 0.3 is 12.1 Å². The molecule has 210 valence electrons. The number of hydrogen-bond acceptors (Lipinski definition) is 9. The number of halogens is 5. The number of hydrogen-bond donors (Lipinski definition) is 2. The van der Waals surface area contributed by atoms with Crippen LogP contribution < -0.4 is 5.73 Å². The van der Waals surface area contributed by atoms with Gasteiger partial charge in [-0.25, -0.2) is 27.7 Å². The summed E-state index contributed by atoms with van der Waals surface area (Å²) in [7, 11) is -1.31. The van der Waals surface area contributed by atoms with Gasteiger partial charge in [0.25, 0.3) is 0 Å². The number of benzene rings is 1. The van der Waals surface area contributed by atoms with Gasteiger partial charge in [-0.1, -0.05) is 16.8 Å². The molecule has 1 aliphatic heterocycles. The molecule has 0 amide bonds. The van der Waals surface area contributed by atoms with Crippen LogP contribution in [0.4, 0.5) is 17.6 Å². The van der Waals surface area contributed by atoms with E-state index in [0.29, 0.717) is 27.9 Å². The molecular formula is C23H23ClF4N6O4S. The van der Waals surface area contributed by atoms with Crippen LogP contribution in [0.1, 0.15) is 26.3 Å². The maximum atomic E-state index is 15.0. The zero-order valence-corrected chi connectivity index (χ0v) is 22.5. The molecule has 0 saturated carbocycles. The van der Waals surface area contributed by atoms with E-state index in [1.54, 1.807) is 39.0 Å². The maximum Gasteiger partial charge on any atom is 0.490 e. The topological polar surface area (TPSA) is 157 Å². The highest BCUT2D eigenvalue weighted by atomic mass is 35.5. The first-order valence-corrected chi connectivity index (χ1v) is 13.0. The molecule has 0 radical (unpaired) electrons. The molecule has 10 nitrogen and oxygen atoms in total. The molecule has 3 N–H and O–H groups in total. The Kier molecular flexibility index (Phi) is 8.08. The highest BCUT2D eigenvalue weighted by Crippen LogP contribution is 2.40. The van der Waals surface area contributed by atoms with E-state index < -0.39 is 38.0 Å². The Morgan fingerprint density at radius 1 is 1.21 bits per heavy atom. The van der Waals surface area contributed by atoms with Crippen LogP contribution in [0, 0.1) is 5.82 Å². The van der Waals surface area contributed by atoms with Crippen LogP contribution in [0.3, 0.4) is 0 Å². The summed E-state index contributed by atoms with van der Waals surface area (Å²) in [4.78, 5) is 21.7. The number of rotatable bonds is 3. The molecule has 3 heterocycles. The highest BCUT2D eigenvalue weighted by Gasteiger charge is 2.47. The van der Waals surface area contributed by atoms with Crippen LogP contribution >= 0.6 is 11.6 Å². The lowest BCUT2D eigenvalue weighted by atomic mass is 9.91. The smallest absolute Gasteiger partial charge is 0.475 e. The molecule has 2 atom stereocenters. The van der Waals surface area contributed by atoms with Gasteiger partial charge in [-0.2, -0.15) is 13.2 Å². The molecule has 1 aliphatic rings. The highest BCUT2D eigenvalue weighted by molar-refractivity contribution is 7.95. The minimum atomic E-state index is -5.08. The number of aliphatic carboxylic acids is 1. The average molecular weight is 591 g/mol. The number of carbonyl (C=O) groups is 1. The van der Waals surface area contributed by atoms with Gasteiger partial charge < -0.3 is 15.4 Å². The third-order valence-corrected chi connectivity index (χ3v) is 9.53. The summed E-state index contributed by atoms with van der Waals surface area (Å²) in [6.07, 6.45) is -2.17. The van der Waals surface area contributed by atoms with Crippen molar-refractivity contribution in [3.05, 3.63) is 53.1 Å². The van der Waals surface area contributed by atoms with Gasteiger partial charge in [-0.05, 0) is 39.0 Å². The number of amidine groups is 1. The number of nitrogens with two attached hydrogens (primary N) is 1. The van der Waals surface area contributed by atoms with E-state index in [0.717, 1.165) is 0 Å². The second kappa shape index (κ2) is 10.5. The molecule has 2 aromatic heterocycles. The standard InChI is InChI=1S/C21H22ClFN6O2S.C2HF3O2/c1-20(2)19(24)28-21(3,11-32(20,30)25-4)14-7-12(5-6-15(14)23)17-8-16(29-31-17)18-26-9-13(22)10-27-18;3-2(4,5)1(6)7/h5-10H,11H2,1-4H3,(H2,24,28);(H,6,7)/t21-,32+;/m0./s1. The predicted molar refractivity (Wildman–Crippen MR) is 136 cm³/mol. The van der Waals surface area contributed by atoms with Crippen LogP contribution in [0.2, 0.25) is 5.02 Å². The molecule has 39 heavy (non-hydrogen) atoms. The first-order chi connectivity index (χ1) is 17.9. The van der Waals surface area contributed by atoms with Crippen LogP contribution in [-0.4, -0.2) is 60.0 Å². The fraction of sp³-hybridized carbons (Fsp3) is 0.348. The van der Waals surface area contributed by atoms with Crippen molar-refractivity contribution < 1.29 is 36.2 Å². The van der Waals surface area contributed by atoms with Gasteiger partial charge in [-0.15, -0.1) is 0 Å². The van der Waals surface area contributed by atoms with E-state index in [4.69, 9.17) is 31.8 Å². The van der Waals surface area contributed by atoms with E-state index >= 15 is 0 Å². The lowest BCUT2D eigenvalue weighted by Gasteiger charge is -2.40. The number of aromatic nitrogens is 3. The summed E-state index contributed by atoms with van der Waals surface area (Å²) in [5.74, 6) is -2.32. The molecule has 0 aliphatic carbocycles. The lowest BCUT2D eigenvalue weighted by Crippen LogP contribution is -2.54. The minimum absolute atomic E-state index is 0.0326. The molecule has 0 saturated heterocycles. The number of aliphatic imine (C=N–C) groups is 1. The Morgan fingerprint density at radius 3 is 2.33 bits per heavy atom. The van der Waals surface area contributed by atoms with Gasteiger partial charge in [0.2, 0.25) is 0 Å². The number of nitrogens with zero attached hydrogens (tertiary/aromatic N) is 5. The Bertz CT molecular complexity index is 1550. The van der Waals surface area contributed by atoms with Gasteiger partial charge in [-0.3, -0.25) is 4.99 Å². The molecular weight excluding hydrogens is 568 g/mol. The van der Waals surface area contributed by atoms with Crippen molar-refractivity contribution in [2.75, 3.05) is 12.8 Å². The second-order valence-electron chi connectivity index (χ2n) is 9.05. The quantitative estimate of drug-likeness (QED) is 0.416. The Hall–Kier alpha value is -3.59. The summed E-state index contributed by atoms with van der Waals surface area (Å²) in [6.45, 7) is 5.18. The molecule has 4 rings (SSSR count). The van der Waals surface area contributed by atoms with E-state index in [-0.39, 0.29) is 17.2 Å². The number of alkyl halides is 3. The summed E-state index contributed by atoms with van der Waals surface area (Å²) in [6, 6.07) is 6.13. The fourth-order valence-corrected chi connectivity index (χ4v) is 6.04. The largest absolute Gasteiger partial charge is 0.490 e. The molecule has 3 aromatic rings. The van der Waals surface area contributed by atoms with Crippen LogP contribution in [0.15, 0.2) is 50.5 Å². The Balaban J connectivity index is 0.000000532. The van der Waals surface area contributed by atoms with Gasteiger partial charge in [0.1, 0.15) is 21.9 Å². The van der Waals surface area contributed by atoms with Crippen molar-refractivity contribution in [1.29, 1.82) is 0 Å². The van der Waals surface area contributed by atoms with E-state index in [1.165, 1.54) is 25.5 Å². The molecule has 0 spiro atoms. The average Bonchev–Trinajstić information content (AvgIpc) is 3.33. The van der Waals surface area contributed by atoms with Crippen LogP contribution in [0.25, 0.3) is 22.8 Å². The minimum Gasteiger partial charge on any atom is -0.475 e. The molecule has 0 fully saturated rings. The maximum absolute atomic E-state index is 15.0. The SMILES string of the molecule is CN=[S@@]1(=O)C[C@@](C)(c2cc(-c3cc(-c4ncc(Cl)cn4)no3)ccc2F)N=C(N)C1(C)C.O=C(O)C(F)(F)F. The Morgan fingerprint density at radius 2 is 1.79 bits per heavy atom. The van der Waals surface area contributed by atoms with E-state index in [2.05, 4.69) is 24.5 Å². The zero-order valence-electron chi connectivity index (χ0n) is 21.0. The third-order valence-electron chi connectivity index (χ3n) is 5.99. The number of carboxylic acids is 1. The predicted octanol–water partition coefficient (Wildman–Crippen LogP) is 4.69. The third kappa shape index (κ3) is 6.03. The summed E-state index contributed by atoms with van der Waals surface area (Å²) in [5.41, 5.74) is 6.23. The van der Waals surface area contributed by atoms with Crippen LogP contribution in [-0.2, 0) is 20.1 Å². The molecule has 0 bridgehead atoms. The summed E-state index contributed by atoms with van der Waals surface area (Å²) in [5, 5.41) is 11.5. The van der Waals surface area contributed by atoms with Crippen LogP contribution in [0.5, 0.6) is 0 Å². The van der Waals surface area contributed by atoms with Gasteiger partial charge in [0, 0.05) is 36.6 Å². The zero-order chi connectivity index (χ0) is 29.4. The first-order valence-electron chi connectivity index (χ1n) is 11.0. The van der Waals surface area contributed by atoms with Crippen molar-refractivity contribution in [2.45, 2.75) is 37.2 Å². The van der Waals surface area contributed by atoms with Crippen molar-refractivity contribution in [1.82, 2.24) is 15.1 Å². The fourth-order valence-electron chi connectivity index (χ4n) is 3.64. The molecule has 0 unspecified atom stereocenters. The summed E-state index contributed by atoms with van der Waals surface area (Å²) < 4.78 is 69.0. The number of carboxylic acid groups (broad SMARTS) is 1. The van der Waals surface area contributed by atoms with E-state index in [1.807, 2.05) is 0 Å². The molecule has 16 heteroatoms. The lowest BCUT2D eigenvalue weighted by molar-refractivity contribution is -0.192. The normalized spacial score (nSPS) is 22.3. The Labute approximate surface area is 225 Å². The van der Waals surface area contributed by atoms with Gasteiger partial charge in [0.05, 0.1) is 20.5 Å². The van der Waals surface area contributed by atoms with E-state index in [9.17, 15) is 21.8 Å². The monoisotopic (exact) mass is 590 g/mol. The molecule has 1 aromatic carbocycles. The van der Waals surface area contributed by atoms with Crippen molar-refractivity contribution in [3.8, 4) is 22.8 Å².